The third-order valence-electron chi connectivity index (χ3n) is 12.3. The number of carbonyl (C=O) groups excluding carboxylic acids is 3. The molecule has 1 aliphatic carbocycles. The quantitative estimate of drug-likeness (QED) is 0.108. The van der Waals surface area contributed by atoms with Crippen molar-refractivity contribution in [3.8, 4) is 6.07 Å². The van der Waals surface area contributed by atoms with Gasteiger partial charge in [-0.25, -0.2) is 0 Å². The zero-order valence-electron chi connectivity index (χ0n) is 40.1. The van der Waals surface area contributed by atoms with E-state index >= 15 is 0 Å². The van der Waals surface area contributed by atoms with Crippen molar-refractivity contribution >= 4 is 34.8 Å². The fourth-order valence-corrected chi connectivity index (χ4v) is 7.35. The molecule has 22 heteroatoms. The highest BCUT2D eigenvalue weighted by Crippen LogP contribution is 2.53. The Labute approximate surface area is 393 Å². The number of rotatable bonds is 13. The van der Waals surface area contributed by atoms with E-state index in [2.05, 4.69) is 72.7 Å². The standard InChI is InChI=1S/C17H20N6O.C16H23N5O.C13H14F3N5O/c1-4-22(14-5-8-19-20-9-14)16(24)15-10-21-23(12(15)2)13(3)17(11-18)6-7-17;1-6-20(14-7-8-17-18-9-14)16(22)15-10-19-21(13(15)5)12(4)11(2)3;1-8-11(7-19-21(8)9(2)13(14,15)16)12(22)20(3)10-4-5-17-18-6-10/h5,8-10,13H,4,6-7H2,1-3H3;7-12H,6H2,1-5H3;4-7,9H,1-3H3. The lowest BCUT2D eigenvalue weighted by atomic mass is 10.00. The minimum Gasteiger partial charge on any atom is -0.310 e. The van der Waals surface area contributed by atoms with E-state index in [-0.39, 0.29) is 40.6 Å². The number of aromatic nitrogens is 12. The first kappa shape index (κ1) is 51.5. The zero-order chi connectivity index (χ0) is 50.1. The van der Waals surface area contributed by atoms with Crippen LogP contribution in [0.5, 0.6) is 0 Å². The first-order valence-electron chi connectivity index (χ1n) is 22.1. The lowest BCUT2D eigenvalue weighted by molar-refractivity contribution is -0.165. The van der Waals surface area contributed by atoms with E-state index in [1.54, 1.807) is 65.2 Å². The topological polar surface area (TPSA) is 216 Å². The van der Waals surface area contributed by atoms with E-state index < -0.39 is 18.1 Å². The van der Waals surface area contributed by atoms with Crippen LogP contribution in [-0.2, 0) is 0 Å². The van der Waals surface area contributed by atoms with E-state index in [9.17, 15) is 32.8 Å². The van der Waals surface area contributed by atoms with Crippen molar-refractivity contribution in [1.82, 2.24) is 59.9 Å². The highest BCUT2D eigenvalue weighted by Gasteiger charge is 2.50. The van der Waals surface area contributed by atoms with Gasteiger partial charge in [-0.05, 0) is 92.3 Å². The summed E-state index contributed by atoms with van der Waals surface area (Å²) in [6, 6.07) is 5.92. The van der Waals surface area contributed by atoms with Crippen molar-refractivity contribution in [1.29, 1.82) is 5.26 Å². The highest BCUT2D eigenvalue weighted by molar-refractivity contribution is 6.07. The second-order valence-electron chi connectivity index (χ2n) is 16.7. The Bertz CT molecular complexity index is 2680. The monoisotopic (exact) mass is 938 g/mol. The Morgan fingerprint density at radius 1 is 0.647 bits per heavy atom. The number of hydrogen-bond donors (Lipinski definition) is 0. The van der Waals surface area contributed by atoms with Crippen molar-refractivity contribution in [2.45, 2.75) is 106 Å². The maximum absolute atomic E-state index is 12.9. The Morgan fingerprint density at radius 3 is 1.43 bits per heavy atom. The molecule has 0 aliphatic heterocycles. The van der Waals surface area contributed by atoms with Crippen molar-refractivity contribution in [2.24, 2.45) is 11.3 Å². The molecule has 6 heterocycles. The summed E-state index contributed by atoms with van der Waals surface area (Å²) in [4.78, 5) is 42.8. The van der Waals surface area contributed by atoms with E-state index in [0.29, 0.717) is 41.5 Å². The molecule has 3 amide bonds. The molecule has 0 aromatic carbocycles. The fraction of sp³-hybridized carbons (Fsp3) is 0.457. The highest BCUT2D eigenvalue weighted by atomic mass is 19.4. The molecule has 3 unspecified atom stereocenters. The number of carbonyl (C=O) groups is 3. The van der Waals surface area contributed by atoms with Gasteiger partial charge in [0.2, 0.25) is 0 Å². The lowest BCUT2D eigenvalue weighted by Gasteiger charge is -2.21. The van der Waals surface area contributed by atoms with E-state index in [0.717, 1.165) is 47.7 Å². The Kier molecular flexibility index (Phi) is 16.6. The van der Waals surface area contributed by atoms with E-state index in [1.807, 2.05) is 44.0 Å². The molecule has 0 bridgehead atoms. The zero-order valence-corrected chi connectivity index (χ0v) is 40.1. The third-order valence-corrected chi connectivity index (χ3v) is 12.3. The maximum atomic E-state index is 12.9. The van der Waals surface area contributed by atoms with Gasteiger partial charge in [0.15, 0.2) is 0 Å². The van der Waals surface area contributed by atoms with Gasteiger partial charge >= 0.3 is 6.18 Å². The molecule has 0 spiro atoms. The lowest BCUT2D eigenvalue weighted by Crippen LogP contribution is -2.31. The summed E-state index contributed by atoms with van der Waals surface area (Å²) < 4.78 is 42.9. The maximum Gasteiger partial charge on any atom is 0.410 e. The van der Waals surface area contributed by atoms with Crippen molar-refractivity contribution in [3.63, 3.8) is 0 Å². The predicted molar refractivity (Wildman–Crippen MR) is 247 cm³/mol. The molecule has 360 valence electrons. The summed E-state index contributed by atoms with van der Waals surface area (Å²) in [7, 11) is 1.50. The van der Waals surface area contributed by atoms with Gasteiger partial charge in [0.25, 0.3) is 17.7 Å². The molecule has 19 nitrogen and oxygen atoms in total. The SMILES string of the molecule is CCN(C(=O)c1cnn(C(C)C(C)C)c1C)c1ccnnc1.CCN(C(=O)c1cnn(C(C)C2(C#N)CC2)c1C)c1ccnnc1.Cc1c(C(=O)N(C)c2ccnnc2)cnn1C(C)C(F)(F)F. The van der Waals surface area contributed by atoms with Gasteiger partial charge in [0.05, 0.1) is 113 Å². The van der Waals surface area contributed by atoms with Crippen LogP contribution in [0.3, 0.4) is 0 Å². The van der Waals surface area contributed by atoms with Crippen LogP contribution >= 0.6 is 0 Å². The van der Waals surface area contributed by atoms with Crippen LogP contribution in [0.15, 0.2) is 74.0 Å². The number of amides is 3. The van der Waals surface area contributed by atoms with Crippen molar-refractivity contribution < 1.29 is 27.6 Å². The van der Waals surface area contributed by atoms with Crippen LogP contribution in [0.2, 0.25) is 0 Å². The second kappa shape index (κ2) is 21.9. The van der Waals surface area contributed by atoms with Crippen LogP contribution in [0, 0.1) is 43.4 Å². The van der Waals surface area contributed by atoms with Crippen molar-refractivity contribution in [2.75, 3.05) is 34.8 Å². The van der Waals surface area contributed by atoms with Crippen LogP contribution in [0.25, 0.3) is 0 Å². The van der Waals surface area contributed by atoms with Crippen molar-refractivity contribution in [3.05, 3.63) is 108 Å². The predicted octanol–water partition coefficient (Wildman–Crippen LogP) is 7.76. The average molecular weight is 939 g/mol. The summed E-state index contributed by atoms with van der Waals surface area (Å²) in [6.45, 7) is 19.6. The molecule has 6 aromatic heterocycles. The number of alkyl halides is 3. The first-order chi connectivity index (χ1) is 32.2. The fourth-order valence-electron chi connectivity index (χ4n) is 7.35. The number of nitriles is 1. The summed E-state index contributed by atoms with van der Waals surface area (Å²) >= 11 is 0. The Hall–Kier alpha value is -7.44. The Morgan fingerprint density at radius 2 is 1.04 bits per heavy atom. The molecule has 3 atom stereocenters. The molecule has 1 saturated carbocycles. The minimum atomic E-state index is -4.43. The van der Waals surface area contributed by atoms with Crippen LogP contribution in [0.1, 0.15) is 128 Å². The average Bonchev–Trinajstić information content (AvgIpc) is 3.70. The van der Waals surface area contributed by atoms with Gasteiger partial charge in [-0.15, -0.1) is 0 Å². The molecule has 6 aromatic rings. The smallest absolute Gasteiger partial charge is 0.310 e. The molecule has 0 N–H and O–H groups in total. The number of anilines is 3. The molecular formula is C46H57F3N16O3. The molecule has 0 radical (unpaired) electrons. The summed E-state index contributed by atoms with van der Waals surface area (Å²) in [5, 5.41) is 44.3. The number of halogens is 3. The minimum absolute atomic E-state index is 0.0401. The molecular weight excluding hydrogens is 882 g/mol. The first-order valence-corrected chi connectivity index (χ1v) is 22.1. The summed E-state index contributed by atoms with van der Waals surface area (Å²) in [5.41, 5.74) is 4.72. The van der Waals surface area contributed by atoms with Gasteiger partial charge < -0.3 is 14.7 Å². The molecule has 68 heavy (non-hydrogen) atoms. The molecule has 1 fully saturated rings. The number of nitrogens with zero attached hydrogens (tertiary/aromatic N) is 16. The van der Waals surface area contributed by atoms with Crippen LogP contribution in [-0.4, -0.2) is 104 Å². The number of hydrogen-bond acceptors (Lipinski definition) is 13. The molecule has 0 saturated heterocycles. The van der Waals surface area contributed by atoms with Crippen LogP contribution in [0.4, 0.5) is 30.2 Å². The van der Waals surface area contributed by atoms with E-state index in [1.165, 1.54) is 31.3 Å². The van der Waals surface area contributed by atoms with Gasteiger partial charge in [-0.1, -0.05) is 13.8 Å². The second-order valence-corrected chi connectivity index (χ2v) is 16.7. The van der Waals surface area contributed by atoms with Crippen LogP contribution < -0.4 is 14.7 Å². The third kappa shape index (κ3) is 11.2. The molecule has 1 aliphatic rings. The Balaban J connectivity index is 0.000000191. The van der Waals surface area contributed by atoms with Gasteiger partial charge in [0, 0.05) is 37.2 Å². The van der Waals surface area contributed by atoms with Gasteiger partial charge in [0.1, 0.15) is 6.04 Å². The van der Waals surface area contributed by atoms with Gasteiger partial charge in [-0.3, -0.25) is 28.4 Å². The summed E-state index contributed by atoms with van der Waals surface area (Å²) in [6.07, 6.45) is 10.9. The molecule has 7 rings (SSSR count). The van der Waals surface area contributed by atoms with Gasteiger partial charge in [-0.2, -0.15) is 64.3 Å². The normalized spacial score (nSPS) is 14.0. The van der Waals surface area contributed by atoms with E-state index in [4.69, 9.17) is 0 Å². The summed E-state index contributed by atoms with van der Waals surface area (Å²) in [5.74, 6) is -0.196. The largest absolute Gasteiger partial charge is 0.410 e.